The van der Waals surface area contributed by atoms with E-state index >= 15 is 0 Å². The van der Waals surface area contributed by atoms with Crippen LogP contribution in [0.15, 0.2) is 0 Å². The predicted molar refractivity (Wildman–Crippen MR) is 94.0 cm³/mol. The maximum Gasteiger partial charge on any atom is 0.285 e. The summed E-state index contributed by atoms with van der Waals surface area (Å²) in [6.45, 7) is 12.4. The van der Waals surface area contributed by atoms with E-state index in [4.69, 9.17) is 14.2 Å². The minimum atomic E-state index is -0.836. The Bertz CT molecular complexity index is 214. The van der Waals surface area contributed by atoms with Gasteiger partial charge < -0.3 is 14.2 Å². The van der Waals surface area contributed by atoms with E-state index in [1.807, 2.05) is 20.8 Å². The number of unbranched alkanes of at least 4 members (excludes halogenated alkanes) is 5. The molecule has 3 nitrogen and oxygen atoms in total. The van der Waals surface area contributed by atoms with Crippen molar-refractivity contribution in [1.82, 2.24) is 0 Å². The van der Waals surface area contributed by atoms with Crippen LogP contribution >= 0.6 is 0 Å². The summed E-state index contributed by atoms with van der Waals surface area (Å²) in [7, 11) is 0. The third-order valence-electron chi connectivity index (χ3n) is 4.08. The van der Waals surface area contributed by atoms with E-state index in [2.05, 4.69) is 13.8 Å². The maximum absolute atomic E-state index is 5.98. The highest BCUT2D eigenvalue weighted by atomic mass is 16.9. The molecule has 0 fully saturated rings. The van der Waals surface area contributed by atoms with Gasteiger partial charge in [0, 0.05) is 25.7 Å². The van der Waals surface area contributed by atoms with Crippen LogP contribution in [0.3, 0.4) is 0 Å². The zero-order valence-corrected chi connectivity index (χ0v) is 15.8. The van der Waals surface area contributed by atoms with Crippen LogP contribution in [0.2, 0.25) is 0 Å². The van der Waals surface area contributed by atoms with Crippen LogP contribution < -0.4 is 0 Å². The van der Waals surface area contributed by atoms with Crippen molar-refractivity contribution in [3.8, 4) is 0 Å². The lowest BCUT2D eigenvalue weighted by atomic mass is 9.93. The van der Waals surface area contributed by atoms with Gasteiger partial charge in [0.1, 0.15) is 0 Å². The van der Waals surface area contributed by atoms with Gasteiger partial charge in [0.25, 0.3) is 5.97 Å². The molecule has 0 N–H and O–H groups in total. The molecule has 0 aromatic rings. The van der Waals surface area contributed by atoms with Crippen molar-refractivity contribution < 1.29 is 14.2 Å². The number of hydrogen-bond donors (Lipinski definition) is 0. The SMILES string of the molecule is CCCCCCCCC(CCC)C(OCC)(OCC)OCC. The van der Waals surface area contributed by atoms with E-state index in [-0.39, 0.29) is 0 Å². The van der Waals surface area contributed by atoms with Crippen molar-refractivity contribution >= 4 is 0 Å². The highest BCUT2D eigenvalue weighted by Crippen LogP contribution is 2.33. The molecular formula is C19H40O3. The van der Waals surface area contributed by atoms with E-state index in [0.717, 1.165) is 19.3 Å². The Hall–Kier alpha value is -0.120. The molecule has 0 aliphatic rings. The Morgan fingerprint density at radius 2 is 1.09 bits per heavy atom. The molecule has 0 saturated carbocycles. The van der Waals surface area contributed by atoms with Crippen LogP contribution in [0.25, 0.3) is 0 Å². The summed E-state index contributed by atoms with van der Waals surface area (Å²) in [6, 6.07) is 0. The number of rotatable bonds is 16. The molecule has 0 radical (unpaired) electrons. The normalized spacial score (nSPS) is 13.5. The second-order valence-electron chi connectivity index (χ2n) is 5.94. The Labute approximate surface area is 139 Å². The summed E-state index contributed by atoms with van der Waals surface area (Å²) >= 11 is 0. The zero-order valence-electron chi connectivity index (χ0n) is 15.8. The van der Waals surface area contributed by atoms with Gasteiger partial charge in [-0.1, -0.05) is 58.8 Å². The lowest BCUT2D eigenvalue weighted by Gasteiger charge is -2.39. The molecule has 0 saturated heterocycles. The van der Waals surface area contributed by atoms with Gasteiger partial charge in [0.15, 0.2) is 0 Å². The molecule has 0 spiro atoms. The molecule has 1 atom stereocenters. The summed E-state index contributed by atoms with van der Waals surface area (Å²) in [5.74, 6) is -0.513. The second kappa shape index (κ2) is 14.5. The first-order valence-electron chi connectivity index (χ1n) is 9.62. The summed E-state index contributed by atoms with van der Waals surface area (Å²) < 4.78 is 17.9. The quantitative estimate of drug-likeness (QED) is 0.261. The van der Waals surface area contributed by atoms with Crippen LogP contribution in [-0.2, 0) is 14.2 Å². The van der Waals surface area contributed by atoms with Gasteiger partial charge in [-0.3, -0.25) is 0 Å². The molecule has 0 aliphatic carbocycles. The van der Waals surface area contributed by atoms with Crippen LogP contribution in [0.5, 0.6) is 0 Å². The molecule has 3 heteroatoms. The van der Waals surface area contributed by atoms with E-state index in [1.165, 1.54) is 38.5 Å². The summed E-state index contributed by atoms with van der Waals surface area (Å²) in [6.07, 6.45) is 11.3. The lowest BCUT2D eigenvalue weighted by molar-refractivity contribution is -0.403. The van der Waals surface area contributed by atoms with Crippen LogP contribution in [-0.4, -0.2) is 25.8 Å². The molecule has 0 bridgehead atoms. The summed E-state index contributed by atoms with van der Waals surface area (Å²) in [5.41, 5.74) is 0. The molecule has 0 amide bonds. The summed E-state index contributed by atoms with van der Waals surface area (Å²) in [4.78, 5) is 0. The van der Waals surface area contributed by atoms with Gasteiger partial charge in [-0.05, 0) is 33.6 Å². The fraction of sp³-hybridized carbons (Fsp3) is 1.00. The van der Waals surface area contributed by atoms with Gasteiger partial charge in [-0.25, -0.2) is 0 Å². The van der Waals surface area contributed by atoms with Crippen molar-refractivity contribution in [1.29, 1.82) is 0 Å². The van der Waals surface area contributed by atoms with Gasteiger partial charge in [-0.2, -0.15) is 0 Å². The first-order chi connectivity index (χ1) is 10.7. The predicted octanol–water partition coefficient (Wildman–Crippen LogP) is 5.92. The molecule has 22 heavy (non-hydrogen) atoms. The van der Waals surface area contributed by atoms with E-state index in [9.17, 15) is 0 Å². The smallest absolute Gasteiger partial charge is 0.285 e. The molecule has 0 aromatic carbocycles. The maximum atomic E-state index is 5.98. The van der Waals surface area contributed by atoms with Gasteiger partial charge in [-0.15, -0.1) is 0 Å². The third kappa shape index (κ3) is 8.50. The van der Waals surface area contributed by atoms with Crippen LogP contribution in [0.4, 0.5) is 0 Å². The third-order valence-corrected chi connectivity index (χ3v) is 4.08. The second-order valence-corrected chi connectivity index (χ2v) is 5.94. The minimum absolute atomic E-state index is 0.323. The van der Waals surface area contributed by atoms with Gasteiger partial charge in [0.05, 0.1) is 0 Å². The van der Waals surface area contributed by atoms with Crippen LogP contribution in [0, 0.1) is 5.92 Å². The van der Waals surface area contributed by atoms with E-state index in [1.54, 1.807) is 0 Å². The minimum Gasteiger partial charge on any atom is -0.328 e. The van der Waals surface area contributed by atoms with Crippen molar-refractivity contribution in [3.05, 3.63) is 0 Å². The van der Waals surface area contributed by atoms with Crippen molar-refractivity contribution in [2.75, 3.05) is 19.8 Å². The number of ether oxygens (including phenoxy) is 3. The highest BCUT2D eigenvalue weighted by Gasteiger charge is 2.41. The Kier molecular flexibility index (Phi) is 14.4. The Balaban J connectivity index is 4.58. The van der Waals surface area contributed by atoms with Crippen molar-refractivity contribution in [3.63, 3.8) is 0 Å². The Morgan fingerprint density at radius 1 is 0.591 bits per heavy atom. The summed E-state index contributed by atoms with van der Waals surface area (Å²) in [5, 5.41) is 0. The first kappa shape index (κ1) is 21.9. The van der Waals surface area contributed by atoms with Crippen LogP contribution in [0.1, 0.15) is 92.4 Å². The van der Waals surface area contributed by atoms with Gasteiger partial charge in [0.2, 0.25) is 0 Å². The van der Waals surface area contributed by atoms with Crippen molar-refractivity contribution in [2.45, 2.75) is 98.4 Å². The number of hydrogen-bond acceptors (Lipinski definition) is 3. The first-order valence-corrected chi connectivity index (χ1v) is 9.62. The highest BCUT2D eigenvalue weighted by molar-refractivity contribution is 4.72. The molecular weight excluding hydrogens is 276 g/mol. The Morgan fingerprint density at radius 3 is 1.55 bits per heavy atom. The fourth-order valence-electron chi connectivity index (χ4n) is 3.10. The average molecular weight is 317 g/mol. The zero-order chi connectivity index (χ0) is 16.7. The molecule has 134 valence electrons. The lowest BCUT2D eigenvalue weighted by Crippen LogP contribution is -2.46. The van der Waals surface area contributed by atoms with E-state index < -0.39 is 5.97 Å². The van der Waals surface area contributed by atoms with Crippen molar-refractivity contribution in [2.24, 2.45) is 5.92 Å². The standard InChI is InChI=1S/C19H40O3/c1-6-11-12-13-14-15-17-18(16-7-2)19(20-8-3,21-9-4)22-10-5/h18H,6-17H2,1-5H3. The largest absolute Gasteiger partial charge is 0.328 e. The molecule has 1 unspecified atom stereocenters. The molecule has 0 aliphatic heterocycles. The topological polar surface area (TPSA) is 27.7 Å². The van der Waals surface area contributed by atoms with E-state index in [0.29, 0.717) is 25.7 Å². The molecule has 0 rings (SSSR count). The van der Waals surface area contributed by atoms with Gasteiger partial charge >= 0.3 is 0 Å². The molecule has 0 aromatic heterocycles. The average Bonchev–Trinajstić information content (AvgIpc) is 2.50. The monoisotopic (exact) mass is 316 g/mol. The molecule has 0 heterocycles. The fourth-order valence-corrected chi connectivity index (χ4v) is 3.10.